The molecule has 2 aliphatic heterocycles. The third kappa shape index (κ3) is 4.36. The predicted molar refractivity (Wildman–Crippen MR) is 115 cm³/mol. The first kappa shape index (κ1) is 20.8. The summed E-state index contributed by atoms with van der Waals surface area (Å²) < 4.78 is 0. The molecule has 1 saturated heterocycles. The molecule has 1 aromatic heterocycles. The van der Waals surface area contributed by atoms with E-state index in [9.17, 15) is 14.4 Å². The van der Waals surface area contributed by atoms with E-state index in [4.69, 9.17) is 0 Å². The van der Waals surface area contributed by atoms with Gasteiger partial charge in [-0.05, 0) is 55.8 Å². The molecule has 0 radical (unpaired) electrons. The number of nitrogens with one attached hydrogen (secondary N) is 1. The lowest BCUT2D eigenvalue weighted by Gasteiger charge is -2.31. The van der Waals surface area contributed by atoms with Crippen molar-refractivity contribution in [3.05, 3.63) is 45.4 Å². The highest BCUT2D eigenvalue weighted by Crippen LogP contribution is 2.25. The number of aromatic amines is 1. The lowest BCUT2D eigenvalue weighted by Crippen LogP contribution is -2.42. The maximum absolute atomic E-state index is 13.3. The molecule has 1 aliphatic carbocycles. The zero-order valence-electron chi connectivity index (χ0n) is 17.9. The number of carbonyl (C=O) groups is 2. The van der Waals surface area contributed by atoms with E-state index in [0.29, 0.717) is 44.9 Å². The second-order valence-corrected chi connectivity index (χ2v) is 8.61. The average Bonchev–Trinajstić information content (AvgIpc) is 3.14. The topological polar surface area (TPSA) is 76.7 Å². The van der Waals surface area contributed by atoms with Crippen molar-refractivity contribution in [2.75, 3.05) is 39.3 Å². The van der Waals surface area contributed by atoms with Crippen LogP contribution < -0.4 is 5.56 Å². The summed E-state index contributed by atoms with van der Waals surface area (Å²) in [5, 5.41) is 0. The van der Waals surface area contributed by atoms with Crippen LogP contribution in [0.25, 0.3) is 0 Å². The van der Waals surface area contributed by atoms with Crippen LogP contribution in [0.5, 0.6) is 0 Å². The van der Waals surface area contributed by atoms with Crippen molar-refractivity contribution in [2.24, 2.45) is 5.92 Å². The molecule has 1 unspecified atom stereocenters. The quantitative estimate of drug-likeness (QED) is 0.765. The number of amides is 2. The number of rotatable bonds is 4. The van der Waals surface area contributed by atoms with Crippen molar-refractivity contribution in [1.29, 1.82) is 0 Å². The zero-order valence-corrected chi connectivity index (χ0v) is 17.9. The fraction of sp³-hybridized carbons (Fsp3) is 0.609. The normalized spacial score (nSPS) is 22.1. The van der Waals surface area contributed by atoms with Crippen molar-refractivity contribution >= 4 is 11.8 Å². The van der Waals surface area contributed by atoms with Crippen LogP contribution in [0, 0.1) is 5.92 Å². The van der Waals surface area contributed by atoms with Crippen molar-refractivity contribution in [3.63, 3.8) is 0 Å². The summed E-state index contributed by atoms with van der Waals surface area (Å²) in [5.41, 5.74) is 1.68. The van der Waals surface area contributed by atoms with E-state index in [1.54, 1.807) is 6.20 Å². The van der Waals surface area contributed by atoms with E-state index in [-0.39, 0.29) is 22.9 Å². The molecular weight excluding hydrogens is 380 g/mol. The molecule has 7 heteroatoms. The number of carbonyl (C=O) groups excluding carboxylic acids is 2. The fourth-order valence-electron chi connectivity index (χ4n) is 4.87. The van der Waals surface area contributed by atoms with Crippen LogP contribution in [-0.4, -0.2) is 70.8 Å². The van der Waals surface area contributed by atoms with Gasteiger partial charge in [-0.3, -0.25) is 14.4 Å². The third-order valence-electron chi connectivity index (χ3n) is 6.73. The smallest absolute Gasteiger partial charge is 0.261 e. The molecular formula is C23H32N4O3. The number of pyridine rings is 1. The lowest BCUT2D eigenvalue weighted by atomic mass is 9.95. The Morgan fingerprint density at radius 1 is 1.13 bits per heavy atom. The van der Waals surface area contributed by atoms with Gasteiger partial charge in [0.2, 0.25) is 5.91 Å². The van der Waals surface area contributed by atoms with Gasteiger partial charge in [-0.15, -0.1) is 0 Å². The SMILES string of the molecule is CCN1CCCN(C(=O)c2c3c(c[nH]c2=O)CN(C(=O)CC2C=CCC2)CC3)CC1. The standard InChI is InChI=1S/C23H32N4O3/c1-2-25-9-5-10-26(13-12-25)23(30)21-19-8-11-27(16-18(19)15-24-22(21)29)20(28)14-17-6-3-4-7-17/h3,6,15,17H,2,4-5,7-14,16H2,1H3,(H,24,29). The van der Waals surface area contributed by atoms with Gasteiger partial charge in [0, 0.05) is 45.3 Å². The second kappa shape index (κ2) is 9.16. The summed E-state index contributed by atoms with van der Waals surface area (Å²) in [6.45, 7) is 7.29. The van der Waals surface area contributed by atoms with E-state index in [1.165, 1.54) is 0 Å². The third-order valence-corrected chi connectivity index (χ3v) is 6.73. The van der Waals surface area contributed by atoms with Crippen LogP contribution in [0.4, 0.5) is 0 Å². The van der Waals surface area contributed by atoms with E-state index in [2.05, 4.69) is 29.0 Å². The van der Waals surface area contributed by atoms with Gasteiger partial charge < -0.3 is 19.7 Å². The minimum Gasteiger partial charge on any atom is -0.338 e. The van der Waals surface area contributed by atoms with Crippen molar-refractivity contribution in [3.8, 4) is 0 Å². The highest BCUT2D eigenvalue weighted by molar-refractivity contribution is 5.96. The Morgan fingerprint density at radius 3 is 2.77 bits per heavy atom. The molecule has 30 heavy (non-hydrogen) atoms. The summed E-state index contributed by atoms with van der Waals surface area (Å²) in [6, 6.07) is 0. The summed E-state index contributed by atoms with van der Waals surface area (Å²) in [5.74, 6) is 0.336. The molecule has 3 aliphatic rings. The van der Waals surface area contributed by atoms with Crippen molar-refractivity contribution in [1.82, 2.24) is 19.7 Å². The number of H-pyrrole nitrogens is 1. The molecule has 1 aromatic rings. The van der Waals surface area contributed by atoms with E-state index >= 15 is 0 Å². The van der Waals surface area contributed by atoms with Gasteiger partial charge in [-0.2, -0.15) is 0 Å². The molecule has 4 rings (SSSR count). The van der Waals surface area contributed by atoms with Crippen LogP contribution in [0.1, 0.15) is 54.1 Å². The highest BCUT2D eigenvalue weighted by Gasteiger charge is 2.30. The molecule has 0 spiro atoms. The summed E-state index contributed by atoms with van der Waals surface area (Å²) >= 11 is 0. The molecule has 1 atom stereocenters. The number of nitrogens with zero attached hydrogens (tertiary/aromatic N) is 3. The molecule has 0 aromatic carbocycles. The van der Waals surface area contributed by atoms with Crippen LogP contribution in [0.15, 0.2) is 23.1 Å². The number of aromatic nitrogens is 1. The largest absolute Gasteiger partial charge is 0.338 e. The Morgan fingerprint density at radius 2 is 2.00 bits per heavy atom. The van der Waals surface area contributed by atoms with Gasteiger partial charge in [-0.25, -0.2) is 0 Å². The van der Waals surface area contributed by atoms with E-state index in [0.717, 1.165) is 50.0 Å². The monoisotopic (exact) mass is 412 g/mol. The first-order valence-electron chi connectivity index (χ1n) is 11.3. The zero-order chi connectivity index (χ0) is 21.1. The van der Waals surface area contributed by atoms with Gasteiger partial charge >= 0.3 is 0 Å². The highest BCUT2D eigenvalue weighted by atomic mass is 16.2. The molecule has 162 valence electrons. The minimum absolute atomic E-state index is 0.156. The molecule has 7 nitrogen and oxygen atoms in total. The molecule has 1 N–H and O–H groups in total. The number of hydrogen-bond donors (Lipinski definition) is 1. The van der Waals surface area contributed by atoms with Crippen LogP contribution >= 0.6 is 0 Å². The Kier molecular flexibility index (Phi) is 6.37. The fourth-order valence-corrected chi connectivity index (χ4v) is 4.87. The number of hydrogen-bond acceptors (Lipinski definition) is 4. The Bertz CT molecular complexity index is 891. The van der Waals surface area contributed by atoms with Crippen LogP contribution in [0.2, 0.25) is 0 Å². The van der Waals surface area contributed by atoms with Gasteiger partial charge in [-0.1, -0.05) is 19.1 Å². The van der Waals surface area contributed by atoms with Crippen LogP contribution in [0.3, 0.4) is 0 Å². The van der Waals surface area contributed by atoms with Gasteiger partial charge in [0.25, 0.3) is 11.5 Å². The predicted octanol–water partition coefficient (Wildman–Crippen LogP) is 1.78. The lowest BCUT2D eigenvalue weighted by molar-refractivity contribution is -0.132. The van der Waals surface area contributed by atoms with Crippen molar-refractivity contribution < 1.29 is 9.59 Å². The van der Waals surface area contributed by atoms with Gasteiger partial charge in [0.05, 0.1) is 0 Å². The van der Waals surface area contributed by atoms with Gasteiger partial charge in [0.1, 0.15) is 5.56 Å². The van der Waals surface area contributed by atoms with Gasteiger partial charge in [0.15, 0.2) is 0 Å². The van der Waals surface area contributed by atoms with Crippen molar-refractivity contribution in [2.45, 2.75) is 45.6 Å². The summed E-state index contributed by atoms with van der Waals surface area (Å²) in [4.78, 5) is 47.4. The Balaban J connectivity index is 1.50. The number of likely N-dealkylation sites (N-methyl/N-ethyl adjacent to an activating group) is 1. The molecule has 0 bridgehead atoms. The summed E-state index contributed by atoms with van der Waals surface area (Å²) in [7, 11) is 0. The summed E-state index contributed by atoms with van der Waals surface area (Å²) in [6.07, 6.45) is 10.1. The number of fused-ring (bicyclic) bond motifs is 1. The minimum atomic E-state index is -0.314. The average molecular weight is 413 g/mol. The molecule has 2 amide bonds. The van der Waals surface area contributed by atoms with E-state index in [1.807, 2.05) is 9.80 Å². The Labute approximate surface area is 177 Å². The molecule has 3 heterocycles. The van der Waals surface area contributed by atoms with Crippen LogP contribution in [-0.2, 0) is 17.8 Å². The maximum atomic E-state index is 13.3. The number of allylic oxidation sites excluding steroid dienone is 2. The first-order chi connectivity index (χ1) is 14.6. The molecule has 0 saturated carbocycles. The Hall–Kier alpha value is -2.41. The second-order valence-electron chi connectivity index (χ2n) is 8.61. The first-order valence-corrected chi connectivity index (χ1v) is 11.3. The molecule has 1 fully saturated rings. The maximum Gasteiger partial charge on any atom is 0.261 e. The van der Waals surface area contributed by atoms with E-state index < -0.39 is 0 Å².